The molecular weight excluding hydrogens is 340 g/mol. The van der Waals surface area contributed by atoms with E-state index in [-0.39, 0.29) is 24.4 Å². The lowest BCUT2D eigenvalue weighted by atomic mass is 10.2. The SMILES string of the molecule is CCOc1ccc(N2CC(NC(=O)Nc3nc(C)cs3)CC2=O)cc1. The predicted octanol–water partition coefficient (Wildman–Crippen LogP) is 2.78. The average molecular weight is 360 g/mol. The van der Waals surface area contributed by atoms with Crippen LogP contribution in [0.3, 0.4) is 0 Å². The molecule has 3 rings (SSSR count). The Kier molecular flexibility index (Phi) is 5.18. The van der Waals surface area contributed by atoms with E-state index in [1.54, 1.807) is 4.90 Å². The number of rotatable bonds is 5. The number of nitrogens with one attached hydrogen (secondary N) is 2. The fourth-order valence-electron chi connectivity index (χ4n) is 2.67. The van der Waals surface area contributed by atoms with Crippen molar-refractivity contribution in [3.8, 4) is 5.75 Å². The number of carbonyl (C=O) groups is 2. The number of nitrogens with zero attached hydrogens (tertiary/aromatic N) is 2. The van der Waals surface area contributed by atoms with Crippen LogP contribution < -0.4 is 20.3 Å². The summed E-state index contributed by atoms with van der Waals surface area (Å²) in [6.07, 6.45) is 0.275. The average Bonchev–Trinajstić information content (AvgIpc) is 3.14. The minimum absolute atomic E-state index is 0.0143. The summed E-state index contributed by atoms with van der Waals surface area (Å²) in [6, 6.07) is 6.79. The van der Waals surface area contributed by atoms with E-state index >= 15 is 0 Å². The van der Waals surface area contributed by atoms with Crippen LogP contribution >= 0.6 is 11.3 Å². The van der Waals surface area contributed by atoms with Gasteiger partial charge in [0.05, 0.1) is 18.3 Å². The maximum atomic E-state index is 12.3. The second-order valence-electron chi connectivity index (χ2n) is 5.72. The van der Waals surface area contributed by atoms with Gasteiger partial charge in [-0.3, -0.25) is 10.1 Å². The number of hydrogen-bond acceptors (Lipinski definition) is 5. The molecule has 1 saturated heterocycles. The van der Waals surface area contributed by atoms with Gasteiger partial charge in [0.25, 0.3) is 0 Å². The van der Waals surface area contributed by atoms with Crippen LogP contribution in [0.5, 0.6) is 5.75 Å². The lowest BCUT2D eigenvalue weighted by molar-refractivity contribution is -0.117. The van der Waals surface area contributed by atoms with E-state index in [1.807, 2.05) is 43.5 Å². The smallest absolute Gasteiger partial charge is 0.321 e. The molecule has 0 spiro atoms. The summed E-state index contributed by atoms with van der Waals surface area (Å²) in [5.41, 5.74) is 1.66. The molecule has 1 aromatic heterocycles. The Morgan fingerprint density at radius 2 is 2.16 bits per heavy atom. The maximum Gasteiger partial charge on any atom is 0.321 e. The summed E-state index contributed by atoms with van der Waals surface area (Å²) in [6.45, 7) is 4.83. The van der Waals surface area contributed by atoms with E-state index in [4.69, 9.17) is 4.74 Å². The summed E-state index contributed by atoms with van der Waals surface area (Å²) >= 11 is 1.37. The predicted molar refractivity (Wildman–Crippen MR) is 97.4 cm³/mol. The van der Waals surface area contributed by atoms with Crippen molar-refractivity contribution in [1.29, 1.82) is 0 Å². The summed E-state index contributed by atoms with van der Waals surface area (Å²) < 4.78 is 5.41. The second-order valence-corrected chi connectivity index (χ2v) is 6.58. The Morgan fingerprint density at radius 3 is 2.80 bits per heavy atom. The van der Waals surface area contributed by atoms with E-state index in [0.29, 0.717) is 18.3 Å². The lowest BCUT2D eigenvalue weighted by Gasteiger charge is -2.17. The number of ether oxygens (including phenoxy) is 1. The van der Waals surface area contributed by atoms with Gasteiger partial charge in [0.15, 0.2) is 5.13 Å². The van der Waals surface area contributed by atoms with Crippen molar-refractivity contribution >= 4 is 34.1 Å². The van der Waals surface area contributed by atoms with Crippen LogP contribution in [-0.4, -0.2) is 36.1 Å². The van der Waals surface area contributed by atoms with Gasteiger partial charge in [-0.1, -0.05) is 0 Å². The molecule has 25 heavy (non-hydrogen) atoms. The molecule has 2 aromatic rings. The van der Waals surface area contributed by atoms with Crippen molar-refractivity contribution in [3.63, 3.8) is 0 Å². The number of aryl methyl sites for hydroxylation is 1. The number of anilines is 2. The van der Waals surface area contributed by atoms with Gasteiger partial charge in [0.2, 0.25) is 5.91 Å². The second kappa shape index (κ2) is 7.52. The van der Waals surface area contributed by atoms with Crippen LogP contribution in [0.2, 0.25) is 0 Å². The Hall–Kier alpha value is -2.61. The first-order valence-corrected chi connectivity index (χ1v) is 8.96. The van der Waals surface area contributed by atoms with Crippen LogP contribution in [0.15, 0.2) is 29.6 Å². The molecule has 2 heterocycles. The molecule has 132 valence electrons. The first-order valence-electron chi connectivity index (χ1n) is 8.08. The summed E-state index contributed by atoms with van der Waals surface area (Å²) in [4.78, 5) is 30.2. The van der Waals surface area contributed by atoms with E-state index < -0.39 is 0 Å². The number of thiazole rings is 1. The zero-order valence-electron chi connectivity index (χ0n) is 14.1. The maximum absolute atomic E-state index is 12.3. The highest BCUT2D eigenvalue weighted by Crippen LogP contribution is 2.24. The summed E-state index contributed by atoms with van der Waals surface area (Å²) in [5, 5.41) is 7.93. The van der Waals surface area contributed by atoms with Gasteiger partial charge in [0.1, 0.15) is 5.75 Å². The third-order valence-corrected chi connectivity index (χ3v) is 4.63. The van der Waals surface area contributed by atoms with Crippen molar-refractivity contribution in [2.24, 2.45) is 0 Å². The Morgan fingerprint density at radius 1 is 1.40 bits per heavy atom. The molecule has 1 unspecified atom stereocenters. The van der Waals surface area contributed by atoms with Gasteiger partial charge in [0, 0.05) is 24.0 Å². The molecule has 8 heteroatoms. The molecule has 1 fully saturated rings. The molecule has 0 radical (unpaired) electrons. The third-order valence-electron chi connectivity index (χ3n) is 3.76. The van der Waals surface area contributed by atoms with Crippen LogP contribution in [0.25, 0.3) is 0 Å². The molecule has 2 N–H and O–H groups in total. The summed E-state index contributed by atoms with van der Waals surface area (Å²) in [7, 11) is 0. The van der Waals surface area contributed by atoms with Crippen LogP contribution in [0.4, 0.5) is 15.6 Å². The summed E-state index contributed by atoms with van der Waals surface area (Å²) in [5.74, 6) is 0.755. The van der Waals surface area contributed by atoms with Crippen molar-refractivity contribution in [2.75, 3.05) is 23.4 Å². The first-order chi connectivity index (χ1) is 12.0. The molecule has 1 atom stereocenters. The van der Waals surface area contributed by atoms with Crippen LogP contribution in [-0.2, 0) is 4.79 Å². The Balaban J connectivity index is 1.57. The van der Waals surface area contributed by atoms with Crippen LogP contribution in [0.1, 0.15) is 19.0 Å². The number of carbonyl (C=O) groups excluding carboxylic acids is 2. The van der Waals surface area contributed by atoms with E-state index in [0.717, 1.165) is 17.1 Å². The zero-order chi connectivity index (χ0) is 17.8. The lowest BCUT2D eigenvalue weighted by Crippen LogP contribution is -2.39. The monoisotopic (exact) mass is 360 g/mol. The van der Waals surface area contributed by atoms with Crippen molar-refractivity contribution < 1.29 is 14.3 Å². The molecule has 1 aliphatic rings. The van der Waals surface area contributed by atoms with Gasteiger partial charge < -0.3 is 15.0 Å². The fraction of sp³-hybridized carbons (Fsp3) is 0.353. The highest BCUT2D eigenvalue weighted by Gasteiger charge is 2.31. The van der Waals surface area contributed by atoms with Crippen LogP contribution in [0, 0.1) is 6.92 Å². The minimum Gasteiger partial charge on any atom is -0.494 e. The Bertz CT molecular complexity index is 760. The minimum atomic E-state index is -0.347. The van der Waals surface area contributed by atoms with E-state index in [2.05, 4.69) is 15.6 Å². The topological polar surface area (TPSA) is 83.6 Å². The highest BCUT2D eigenvalue weighted by atomic mass is 32.1. The first kappa shape index (κ1) is 17.2. The number of hydrogen-bond donors (Lipinski definition) is 2. The number of urea groups is 1. The fourth-order valence-corrected chi connectivity index (χ4v) is 3.36. The van der Waals surface area contributed by atoms with Crippen molar-refractivity contribution in [2.45, 2.75) is 26.3 Å². The zero-order valence-corrected chi connectivity index (χ0v) is 14.9. The number of amides is 3. The molecule has 3 amide bonds. The van der Waals surface area contributed by atoms with Gasteiger partial charge >= 0.3 is 6.03 Å². The quantitative estimate of drug-likeness (QED) is 0.859. The normalized spacial score (nSPS) is 16.8. The largest absolute Gasteiger partial charge is 0.494 e. The van der Waals surface area contributed by atoms with Gasteiger partial charge in [-0.2, -0.15) is 0 Å². The molecule has 1 aliphatic heterocycles. The van der Waals surface area contributed by atoms with E-state index in [1.165, 1.54) is 11.3 Å². The molecule has 7 nitrogen and oxygen atoms in total. The molecule has 0 bridgehead atoms. The molecule has 0 saturated carbocycles. The highest BCUT2D eigenvalue weighted by molar-refractivity contribution is 7.13. The van der Waals surface area contributed by atoms with Crippen molar-refractivity contribution in [1.82, 2.24) is 10.3 Å². The Labute approximate surface area is 150 Å². The van der Waals surface area contributed by atoms with Crippen molar-refractivity contribution in [3.05, 3.63) is 35.3 Å². The van der Waals surface area contributed by atoms with E-state index in [9.17, 15) is 9.59 Å². The number of aromatic nitrogens is 1. The standard InChI is InChI=1S/C17H20N4O3S/c1-3-24-14-6-4-13(5-7-14)21-9-12(8-15(21)22)19-16(23)20-17-18-11(2)10-25-17/h4-7,10,12H,3,8-9H2,1-2H3,(H2,18,19,20,23). The van der Waals surface area contributed by atoms with Gasteiger partial charge in [-0.15, -0.1) is 11.3 Å². The molecule has 0 aliphatic carbocycles. The molecular formula is C17H20N4O3S. The third kappa shape index (κ3) is 4.27. The van der Waals surface area contributed by atoms with Gasteiger partial charge in [-0.05, 0) is 38.1 Å². The molecule has 1 aromatic carbocycles. The number of benzene rings is 1. The van der Waals surface area contributed by atoms with Gasteiger partial charge in [-0.25, -0.2) is 9.78 Å².